The van der Waals surface area contributed by atoms with Crippen molar-refractivity contribution in [2.45, 2.75) is 66.3 Å². The highest BCUT2D eigenvalue weighted by molar-refractivity contribution is 7.79. The van der Waals surface area contributed by atoms with E-state index in [-0.39, 0.29) is 0 Å². The van der Waals surface area contributed by atoms with Crippen molar-refractivity contribution in [2.24, 2.45) is 0 Å². The first-order valence-electron chi connectivity index (χ1n) is 8.71. The van der Waals surface area contributed by atoms with Crippen molar-refractivity contribution in [1.29, 1.82) is 0 Å². The molecule has 0 aliphatic rings. The Morgan fingerprint density at radius 3 is 1.53 bits per heavy atom. The van der Waals surface area contributed by atoms with E-state index in [1.807, 2.05) is 5.32 Å². The molecule has 0 rings (SSSR count). The number of hydrogen-bond donors (Lipinski definition) is 3. The van der Waals surface area contributed by atoms with Gasteiger partial charge in [-0.15, -0.1) is 0 Å². The molecule has 0 amide bonds. The first-order chi connectivity index (χ1) is 15.6. The molecule has 0 aromatic heterocycles. The van der Waals surface area contributed by atoms with Gasteiger partial charge in [-0.3, -0.25) is 0 Å². The predicted molar refractivity (Wildman–Crippen MR) is 88.9 cm³/mol. The SMILES string of the molecule is C=C(CCNC(CCC(F)(F)C(F)(F)C(F)(F)C(F)(F)C(F)(F)C(F)(F)C(F)(F)F)S(=O)O)C(=O)O. The average Bonchev–Trinajstić information content (AvgIpc) is 2.68. The summed E-state index contributed by atoms with van der Waals surface area (Å²) in [5.41, 5.74) is -0.569. The number of alkyl halides is 15. The second-order valence-electron chi connectivity index (χ2n) is 6.99. The molecule has 0 saturated carbocycles. The third kappa shape index (κ3) is 6.03. The zero-order valence-electron chi connectivity index (χ0n) is 16.9. The van der Waals surface area contributed by atoms with Gasteiger partial charge in [-0.2, -0.15) is 65.9 Å². The Morgan fingerprint density at radius 1 is 0.778 bits per heavy atom. The van der Waals surface area contributed by atoms with Crippen LogP contribution in [-0.4, -0.2) is 73.5 Å². The molecule has 0 saturated heterocycles. The molecular weight excluding hydrogens is 575 g/mol. The van der Waals surface area contributed by atoms with Crippen LogP contribution in [0.2, 0.25) is 0 Å². The van der Waals surface area contributed by atoms with Gasteiger partial charge < -0.3 is 15.0 Å². The van der Waals surface area contributed by atoms with Gasteiger partial charge in [0.15, 0.2) is 11.1 Å². The number of halogens is 15. The summed E-state index contributed by atoms with van der Waals surface area (Å²) in [4.78, 5) is 10.5. The third-order valence-electron chi connectivity index (χ3n) is 4.46. The van der Waals surface area contributed by atoms with Crippen LogP contribution in [0.25, 0.3) is 0 Å². The van der Waals surface area contributed by atoms with Gasteiger partial charge in [0.2, 0.25) is 0 Å². The van der Waals surface area contributed by atoms with Crippen LogP contribution < -0.4 is 5.32 Å². The molecule has 0 bridgehead atoms. The Hall–Kier alpha value is -1.77. The highest BCUT2D eigenvalue weighted by atomic mass is 32.2. The molecule has 0 heterocycles. The van der Waals surface area contributed by atoms with Crippen molar-refractivity contribution in [3.63, 3.8) is 0 Å². The topological polar surface area (TPSA) is 86.6 Å². The van der Waals surface area contributed by atoms with Crippen LogP contribution in [0.3, 0.4) is 0 Å². The fraction of sp³-hybridized carbons (Fsp3) is 0.800. The molecule has 0 radical (unpaired) electrons. The summed E-state index contributed by atoms with van der Waals surface area (Å²) >= 11 is -3.31. The number of hydrogen-bond acceptors (Lipinski definition) is 3. The molecule has 0 aliphatic carbocycles. The van der Waals surface area contributed by atoms with E-state index >= 15 is 0 Å². The maximum absolute atomic E-state index is 13.8. The summed E-state index contributed by atoms with van der Waals surface area (Å²) in [5.74, 6) is -49.0. The summed E-state index contributed by atoms with van der Waals surface area (Å²) in [7, 11) is 0. The molecule has 21 heteroatoms. The van der Waals surface area contributed by atoms with E-state index in [2.05, 4.69) is 6.58 Å². The molecule has 0 aromatic rings. The number of nitrogens with one attached hydrogen (secondary N) is 1. The molecule has 0 aliphatic heterocycles. The number of carboxylic acids is 1. The van der Waals surface area contributed by atoms with Crippen molar-refractivity contribution in [2.75, 3.05) is 6.54 Å². The van der Waals surface area contributed by atoms with Gasteiger partial charge in [-0.1, -0.05) is 6.58 Å². The molecule has 2 unspecified atom stereocenters. The van der Waals surface area contributed by atoms with Gasteiger partial charge >= 0.3 is 47.7 Å². The minimum Gasteiger partial charge on any atom is -0.478 e. The Balaban J connectivity index is 5.99. The predicted octanol–water partition coefficient (Wildman–Crippen LogP) is 5.31. The number of rotatable bonds is 14. The molecule has 0 aromatic carbocycles. The Morgan fingerprint density at radius 2 is 1.17 bits per heavy atom. The summed E-state index contributed by atoms with van der Waals surface area (Å²) in [6.45, 7) is 2.30. The minimum absolute atomic E-state index is 0.567. The molecule has 2 atom stereocenters. The zero-order valence-corrected chi connectivity index (χ0v) is 17.7. The highest BCUT2D eigenvalue weighted by Crippen LogP contribution is 2.62. The molecule has 0 fully saturated rings. The first-order valence-corrected chi connectivity index (χ1v) is 9.88. The first kappa shape index (κ1) is 34.2. The van der Waals surface area contributed by atoms with Crippen molar-refractivity contribution < 1.29 is 84.5 Å². The Labute approximate surface area is 193 Å². The molecule has 5 nitrogen and oxygen atoms in total. The van der Waals surface area contributed by atoms with Crippen LogP contribution in [0.4, 0.5) is 65.9 Å². The summed E-state index contributed by atoms with van der Waals surface area (Å²) in [6.07, 6.45) is -12.9. The lowest BCUT2D eigenvalue weighted by molar-refractivity contribution is -0.452. The van der Waals surface area contributed by atoms with Crippen LogP contribution in [-0.2, 0) is 15.9 Å². The maximum atomic E-state index is 13.8. The Kier molecular flexibility index (Phi) is 10.0. The Bertz CT molecular complexity index is 843. The normalized spacial score (nSPS) is 16.6. The monoisotopic (exact) mass is 589 g/mol. The van der Waals surface area contributed by atoms with Gasteiger partial charge in [0, 0.05) is 18.5 Å². The molecule has 3 N–H and O–H groups in total. The summed E-state index contributed by atoms with van der Waals surface area (Å²) in [5, 5.41) is 8.08. The standard InChI is InChI=1S/C15H14F15NO4S/c1-6(8(32)33)3-5-31-7(36(34)35)2-4-9(16,17)10(18,19)11(20,21)12(22,23)13(24,25)14(26,27)15(28,29)30/h7,31H,1-5H2,(H,32,33)(H,34,35). The lowest BCUT2D eigenvalue weighted by atomic mass is 9.89. The van der Waals surface area contributed by atoms with Crippen LogP contribution in [0.15, 0.2) is 12.2 Å². The molecule has 0 spiro atoms. The van der Waals surface area contributed by atoms with Gasteiger partial charge in [-0.25, -0.2) is 9.00 Å². The van der Waals surface area contributed by atoms with E-state index in [0.29, 0.717) is 0 Å². The minimum atomic E-state index is -8.42. The van der Waals surface area contributed by atoms with Gasteiger partial charge in [0.1, 0.15) is 5.37 Å². The van der Waals surface area contributed by atoms with E-state index in [9.17, 15) is 74.9 Å². The summed E-state index contributed by atoms with van der Waals surface area (Å²) < 4.78 is 217. The van der Waals surface area contributed by atoms with Crippen LogP contribution in [0, 0.1) is 0 Å². The van der Waals surface area contributed by atoms with Gasteiger partial charge in [0.05, 0.1) is 0 Å². The van der Waals surface area contributed by atoms with E-state index in [0.717, 1.165) is 0 Å². The number of carbonyl (C=O) groups is 1. The van der Waals surface area contributed by atoms with E-state index in [1.165, 1.54) is 0 Å². The van der Waals surface area contributed by atoms with Crippen LogP contribution in [0.1, 0.15) is 19.3 Å². The summed E-state index contributed by atoms with van der Waals surface area (Å²) in [6, 6.07) is 0. The van der Waals surface area contributed by atoms with Crippen molar-refractivity contribution >= 4 is 17.0 Å². The second-order valence-corrected chi connectivity index (χ2v) is 8.11. The van der Waals surface area contributed by atoms with Crippen molar-refractivity contribution in [3.05, 3.63) is 12.2 Å². The van der Waals surface area contributed by atoms with Gasteiger partial charge in [-0.05, 0) is 12.8 Å². The second kappa shape index (κ2) is 10.5. The number of aliphatic carboxylic acids is 1. The molecule has 36 heavy (non-hydrogen) atoms. The van der Waals surface area contributed by atoms with E-state index < -0.39 is 95.5 Å². The van der Waals surface area contributed by atoms with Crippen molar-refractivity contribution in [3.8, 4) is 0 Å². The largest absolute Gasteiger partial charge is 0.478 e. The molecular formula is C15H14F15NO4S. The molecule has 214 valence electrons. The maximum Gasteiger partial charge on any atom is 0.460 e. The lowest BCUT2D eigenvalue weighted by Gasteiger charge is -2.41. The van der Waals surface area contributed by atoms with Crippen LogP contribution in [0.5, 0.6) is 0 Å². The quantitative estimate of drug-likeness (QED) is 0.145. The van der Waals surface area contributed by atoms with E-state index in [4.69, 9.17) is 9.66 Å². The van der Waals surface area contributed by atoms with Gasteiger partial charge in [0.25, 0.3) is 0 Å². The average molecular weight is 589 g/mol. The fourth-order valence-corrected chi connectivity index (χ4v) is 2.81. The smallest absolute Gasteiger partial charge is 0.460 e. The van der Waals surface area contributed by atoms with E-state index in [1.54, 1.807) is 0 Å². The van der Waals surface area contributed by atoms with Crippen LogP contribution >= 0.6 is 0 Å². The van der Waals surface area contributed by atoms with Crippen molar-refractivity contribution in [1.82, 2.24) is 5.32 Å². The number of carboxylic acid groups (broad SMARTS) is 1. The zero-order chi connectivity index (χ0) is 29.3. The fourth-order valence-electron chi connectivity index (χ4n) is 2.23. The highest BCUT2D eigenvalue weighted by Gasteiger charge is 2.93. The lowest BCUT2D eigenvalue weighted by Crippen LogP contribution is -2.72. The third-order valence-corrected chi connectivity index (χ3v) is 5.35.